The van der Waals surface area contributed by atoms with Crippen LogP contribution in [0.1, 0.15) is 63.2 Å². The van der Waals surface area contributed by atoms with Gasteiger partial charge in [-0.1, -0.05) is 20.8 Å². The molecule has 0 aromatic carbocycles. The van der Waals surface area contributed by atoms with E-state index in [-0.39, 0.29) is 5.91 Å². The van der Waals surface area contributed by atoms with E-state index in [1.165, 1.54) is 12.8 Å². The molecule has 4 nitrogen and oxygen atoms in total. The number of nitrogens with one attached hydrogen (secondary N) is 2. The van der Waals surface area contributed by atoms with Crippen molar-refractivity contribution in [3.8, 4) is 0 Å². The number of carbonyl (C=O) groups excluding carboxylic acids is 1. The van der Waals surface area contributed by atoms with Crippen molar-refractivity contribution >= 4 is 11.7 Å². The van der Waals surface area contributed by atoms with E-state index in [0.717, 1.165) is 25.8 Å². The molecule has 1 amide bonds. The molecular weight excluding hydrogens is 262 g/mol. The molecular formula is C17H27N3O. The summed E-state index contributed by atoms with van der Waals surface area (Å²) in [6.07, 6.45) is 7.21. The first-order valence-corrected chi connectivity index (χ1v) is 8.01. The Bertz CT molecular complexity index is 475. The van der Waals surface area contributed by atoms with Crippen LogP contribution >= 0.6 is 0 Å². The number of hydrogen-bond donors (Lipinski definition) is 2. The largest absolute Gasteiger partial charge is 0.369 e. The number of hydrogen-bond acceptors (Lipinski definition) is 3. The molecule has 1 aliphatic carbocycles. The Kier molecular flexibility index (Phi) is 5.21. The Labute approximate surface area is 127 Å². The minimum Gasteiger partial charge on any atom is -0.369 e. The summed E-state index contributed by atoms with van der Waals surface area (Å²) < 4.78 is 0. The number of rotatable bonds is 5. The Balaban J connectivity index is 1.97. The summed E-state index contributed by atoms with van der Waals surface area (Å²) in [7, 11) is 0. The standard InChI is InChI=1S/C17H27N3O/c1-4-11-18-15-14(6-5-12-19-15)16(21)20-13-7-9-17(2,3)10-8-13/h5-6,12-13H,4,7-11H2,1-3H3,(H,18,19)(H,20,21). The summed E-state index contributed by atoms with van der Waals surface area (Å²) >= 11 is 0. The fraction of sp³-hybridized carbons (Fsp3) is 0.647. The zero-order chi connectivity index (χ0) is 15.3. The van der Waals surface area contributed by atoms with Crippen LogP contribution in [0, 0.1) is 5.41 Å². The Morgan fingerprint density at radius 3 is 2.76 bits per heavy atom. The van der Waals surface area contributed by atoms with E-state index in [4.69, 9.17) is 0 Å². The van der Waals surface area contributed by atoms with Crippen LogP contribution in [0.4, 0.5) is 5.82 Å². The van der Waals surface area contributed by atoms with Crippen molar-refractivity contribution in [2.24, 2.45) is 5.41 Å². The molecule has 0 radical (unpaired) electrons. The quantitative estimate of drug-likeness (QED) is 0.870. The van der Waals surface area contributed by atoms with Gasteiger partial charge in [-0.3, -0.25) is 4.79 Å². The van der Waals surface area contributed by atoms with Gasteiger partial charge >= 0.3 is 0 Å². The van der Waals surface area contributed by atoms with Crippen molar-refractivity contribution in [2.75, 3.05) is 11.9 Å². The maximum atomic E-state index is 12.5. The van der Waals surface area contributed by atoms with Crippen LogP contribution in [0.3, 0.4) is 0 Å². The molecule has 0 saturated heterocycles. The van der Waals surface area contributed by atoms with Gasteiger partial charge in [-0.2, -0.15) is 0 Å². The predicted octanol–water partition coefficient (Wildman–Crippen LogP) is 3.60. The molecule has 1 heterocycles. The van der Waals surface area contributed by atoms with Gasteiger partial charge in [-0.05, 0) is 49.7 Å². The summed E-state index contributed by atoms with van der Waals surface area (Å²) in [5.41, 5.74) is 1.07. The van der Waals surface area contributed by atoms with Gasteiger partial charge in [-0.15, -0.1) is 0 Å². The Morgan fingerprint density at radius 2 is 2.10 bits per heavy atom. The Hall–Kier alpha value is -1.58. The molecule has 0 aliphatic heterocycles. The minimum atomic E-state index is -0.00795. The summed E-state index contributed by atoms with van der Waals surface area (Å²) in [4.78, 5) is 16.7. The molecule has 1 aromatic heterocycles. The zero-order valence-corrected chi connectivity index (χ0v) is 13.4. The summed E-state index contributed by atoms with van der Waals surface area (Å²) in [6, 6.07) is 3.95. The number of carbonyl (C=O) groups is 1. The minimum absolute atomic E-state index is 0.00795. The van der Waals surface area contributed by atoms with Crippen molar-refractivity contribution < 1.29 is 4.79 Å². The van der Waals surface area contributed by atoms with Crippen molar-refractivity contribution in [2.45, 2.75) is 58.9 Å². The lowest BCUT2D eigenvalue weighted by molar-refractivity contribution is 0.0909. The highest BCUT2D eigenvalue weighted by molar-refractivity contribution is 5.98. The van der Waals surface area contributed by atoms with Crippen LogP contribution in [0.25, 0.3) is 0 Å². The van der Waals surface area contributed by atoms with Gasteiger partial charge in [0.15, 0.2) is 0 Å². The maximum Gasteiger partial charge on any atom is 0.255 e. The molecule has 0 atom stereocenters. The van der Waals surface area contributed by atoms with Gasteiger partial charge < -0.3 is 10.6 Å². The molecule has 4 heteroatoms. The number of amides is 1. The first-order chi connectivity index (χ1) is 10.0. The van der Waals surface area contributed by atoms with E-state index in [2.05, 4.69) is 36.4 Å². The van der Waals surface area contributed by atoms with E-state index in [1.807, 2.05) is 12.1 Å². The number of anilines is 1. The smallest absolute Gasteiger partial charge is 0.255 e. The van der Waals surface area contributed by atoms with E-state index >= 15 is 0 Å². The molecule has 1 aliphatic rings. The van der Waals surface area contributed by atoms with E-state index in [0.29, 0.717) is 22.8 Å². The second kappa shape index (κ2) is 6.92. The molecule has 1 fully saturated rings. The van der Waals surface area contributed by atoms with E-state index in [9.17, 15) is 4.79 Å². The Morgan fingerprint density at radius 1 is 1.38 bits per heavy atom. The van der Waals surface area contributed by atoms with Crippen molar-refractivity contribution in [1.82, 2.24) is 10.3 Å². The maximum absolute atomic E-state index is 12.5. The number of aromatic nitrogens is 1. The van der Waals surface area contributed by atoms with Crippen molar-refractivity contribution in [3.05, 3.63) is 23.9 Å². The average molecular weight is 289 g/mol. The molecule has 0 unspecified atom stereocenters. The normalized spacial score (nSPS) is 18.2. The van der Waals surface area contributed by atoms with Crippen LogP contribution in [0.2, 0.25) is 0 Å². The molecule has 0 bridgehead atoms. The third kappa shape index (κ3) is 4.45. The van der Waals surface area contributed by atoms with Gasteiger partial charge in [0, 0.05) is 18.8 Å². The average Bonchev–Trinajstić information content (AvgIpc) is 2.47. The highest BCUT2D eigenvalue weighted by Gasteiger charge is 2.28. The van der Waals surface area contributed by atoms with Crippen molar-refractivity contribution in [3.63, 3.8) is 0 Å². The summed E-state index contributed by atoms with van der Waals surface area (Å²) in [5, 5.41) is 6.39. The van der Waals surface area contributed by atoms with Gasteiger partial charge in [0.1, 0.15) is 5.82 Å². The molecule has 0 spiro atoms. The van der Waals surface area contributed by atoms with Crippen LogP contribution < -0.4 is 10.6 Å². The summed E-state index contributed by atoms with van der Waals surface area (Å²) in [5.74, 6) is 0.680. The van der Waals surface area contributed by atoms with Gasteiger partial charge in [0.25, 0.3) is 5.91 Å². The topological polar surface area (TPSA) is 54.0 Å². The number of pyridine rings is 1. The predicted molar refractivity (Wildman–Crippen MR) is 86.5 cm³/mol. The molecule has 2 N–H and O–H groups in total. The number of nitrogens with zero attached hydrogens (tertiary/aromatic N) is 1. The molecule has 1 saturated carbocycles. The third-order valence-corrected chi connectivity index (χ3v) is 4.27. The molecule has 116 valence electrons. The lowest BCUT2D eigenvalue weighted by atomic mass is 9.75. The third-order valence-electron chi connectivity index (χ3n) is 4.27. The monoisotopic (exact) mass is 289 g/mol. The highest BCUT2D eigenvalue weighted by atomic mass is 16.1. The molecule has 2 rings (SSSR count). The highest BCUT2D eigenvalue weighted by Crippen LogP contribution is 2.35. The van der Waals surface area contributed by atoms with Crippen LogP contribution in [0.5, 0.6) is 0 Å². The second-order valence-electron chi connectivity index (χ2n) is 6.74. The lowest BCUT2D eigenvalue weighted by Gasteiger charge is -2.34. The van der Waals surface area contributed by atoms with E-state index < -0.39 is 0 Å². The van der Waals surface area contributed by atoms with Crippen molar-refractivity contribution in [1.29, 1.82) is 0 Å². The summed E-state index contributed by atoms with van der Waals surface area (Å²) in [6.45, 7) is 7.53. The van der Waals surface area contributed by atoms with Gasteiger partial charge in [0.05, 0.1) is 5.56 Å². The molecule has 21 heavy (non-hydrogen) atoms. The van der Waals surface area contributed by atoms with Gasteiger partial charge in [0.2, 0.25) is 0 Å². The lowest BCUT2D eigenvalue weighted by Crippen LogP contribution is -2.39. The van der Waals surface area contributed by atoms with Crippen LogP contribution in [-0.2, 0) is 0 Å². The molecule has 1 aromatic rings. The fourth-order valence-electron chi connectivity index (χ4n) is 2.78. The zero-order valence-electron chi connectivity index (χ0n) is 13.4. The fourth-order valence-corrected chi connectivity index (χ4v) is 2.78. The van der Waals surface area contributed by atoms with Crippen LogP contribution in [0.15, 0.2) is 18.3 Å². The SMILES string of the molecule is CCCNc1ncccc1C(=O)NC1CCC(C)(C)CC1. The first-order valence-electron chi connectivity index (χ1n) is 8.01. The van der Waals surface area contributed by atoms with Crippen LogP contribution in [-0.4, -0.2) is 23.5 Å². The van der Waals surface area contributed by atoms with Gasteiger partial charge in [-0.25, -0.2) is 4.98 Å². The first kappa shape index (κ1) is 15.8. The second-order valence-corrected chi connectivity index (χ2v) is 6.74. The van der Waals surface area contributed by atoms with E-state index in [1.54, 1.807) is 6.20 Å².